The molecule has 5 heteroatoms. The number of rotatable bonds is 0. The molecule has 0 radical (unpaired) electrons. The Bertz CT molecular complexity index is 703. The Balaban J connectivity index is 2.64. The number of pyridine rings is 1. The van der Waals surface area contributed by atoms with E-state index in [4.69, 9.17) is 23.2 Å². The number of halogens is 2. The van der Waals surface area contributed by atoms with Crippen LogP contribution in [0.1, 0.15) is 0 Å². The van der Waals surface area contributed by atoms with Gasteiger partial charge in [-0.2, -0.15) is 0 Å². The summed E-state index contributed by atoms with van der Waals surface area (Å²) in [6, 6.07) is 5.54. The van der Waals surface area contributed by atoms with Gasteiger partial charge in [0.2, 0.25) is 0 Å². The second-order valence-electron chi connectivity index (χ2n) is 3.62. The molecule has 0 saturated heterocycles. The van der Waals surface area contributed by atoms with Gasteiger partial charge in [-0.25, -0.2) is 9.97 Å². The van der Waals surface area contributed by atoms with Crippen LogP contribution in [0.3, 0.4) is 0 Å². The molecule has 16 heavy (non-hydrogen) atoms. The van der Waals surface area contributed by atoms with Crippen molar-refractivity contribution in [1.29, 1.82) is 0 Å². The van der Waals surface area contributed by atoms with Crippen LogP contribution in [-0.4, -0.2) is 14.5 Å². The summed E-state index contributed by atoms with van der Waals surface area (Å²) >= 11 is 12.1. The lowest BCUT2D eigenvalue weighted by Crippen LogP contribution is -1.89. The molecule has 2 aromatic heterocycles. The van der Waals surface area contributed by atoms with E-state index in [-0.39, 0.29) is 0 Å². The normalized spacial score (nSPS) is 11.4. The summed E-state index contributed by atoms with van der Waals surface area (Å²) in [5, 5.41) is 2.07. The molecule has 3 nitrogen and oxygen atoms in total. The zero-order valence-corrected chi connectivity index (χ0v) is 9.92. The van der Waals surface area contributed by atoms with Crippen LogP contribution in [-0.2, 0) is 7.05 Å². The van der Waals surface area contributed by atoms with E-state index in [9.17, 15) is 0 Å². The molecule has 3 rings (SSSR count). The lowest BCUT2D eigenvalue weighted by molar-refractivity contribution is 0.951. The lowest BCUT2D eigenvalue weighted by atomic mass is 10.2. The Morgan fingerprint density at radius 1 is 1.25 bits per heavy atom. The van der Waals surface area contributed by atoms with E-state index in [1.54, 1.807) is 12.4 Å². The highest BCUT2D eigenvalue weighted by Gasteiger charge is 2.11. The first-order valence-corrected chi connectivity index (χ1v) is 5.48. The molecule has 0 aliphatic heterocycles. The molecule has 0 aliphatic carbocycles. The summed E-state index contributed by atoms with van der Waals surface area (Å²) in [5.74, 6) is 0. The van der Waals surface area contributed by atoms with Crippen LogP contribution >= 0.6 is 23.2 Å². The predicted molar refractivity (Wildman–Crippen MR) is 66.0 cm³/mol. The van der Waals surface area contributed by atoms with Gasteiger partial charge in [0, 0.05) is 17.5 Å². The minimum atomic E-state index is 0.422. The van der Waals surface area contributed by atoms with Crippen LogP contribution in [0.25, 0.3) is 21.9 Å². The second kappa shape index (κ2) is 3.34. The minimum absolute atomic E-state index is 0.422. The number of hydrogen-bond donors (Lipinski definition) is 0. The van der Waals surface area contributed by atoms with Crippen molar-refractivity contribution in [3.63, 3.8) is 0 Å². The Labute approximate surface area is 102 Å². The fraction of sp³-hybridized carbons (Fsp3) is 0.0909. The highest BCUT2D eigenvalue weighted by Crippen LogP contribution is 2.29. The van der Waals surface area contributed by atoms with Crippen LogP contribution in [0.5, 0.6) is 0 Å². The van der Waals surface area contributed by atoms with Gasteiger partial charge in [0.05, 0.1) is 17.4 Å². The first-order chi connectivity index (χ1) is 7.66. The Hall–Kier alpha value is -1.32. The zero-order valence-electron chi connectivity index (χ0n) is 8.41. The number of aromatic nitrogens is 3. The summed E-state index contributed by atoms with van der Waals surface area (Å²) in [7, 11) is 1.92. The maximum absolute atomic E-state index is 6.07. The SMILES string of the molecule is Cn1cnc2c(Cl)nc3ccc(Cl)cc3c21. The van der Waals surface area contributed by atoms with E-state index < -0.39 is 0 Å². The molecule has 0 N–H and O–H groups in total. The summed E-state index contributed by atoms with van der Waals surface area (Å²) in [5.41, 5.74) is 2.49. The molecule has 0 saturated carbocycles. The van der Waals surface area contributed by atoms with E-state index in [1.807, 2.05) is 23.7 Å². The molecule has 0 spiro atoms. The molecule has 0 aliphatic rings. The van der Waals surface area contributed by atoms with Gasteiger partial charge in [0.1, 0.15) is 5.52 Å². The van der Waals surface area contributed by atoms with Crippen molar-refractivity contribution < 1.29 is 0 Å². The van der Waals surface area contributed by atoms with Crippen molar-refractivity contribution in [2.75, 3.05) is 0 Å². The number of benzene rings is 1. The summed E-state index contributed by atoms with van der Waals surface area (Å²) in [6.07, 6.45) is 1.72. The van der Waals surface area contributed by atoms with Gasteiger partial charge in [-0.3, -0.25) is 0 Å². The largest absolute Gasteiger partial charge is 0.333 e. The highest BCUT2D eigenvalue weighted by molar-refractivity contribution is 6.35. The maximum Gasteiger partial charge on any atom is 0.157 e. The van der Waals surface area contributed by atoms with Gasteiger partial charge in [-0.15, -0.1) is 0 Å². The predicted octanol–water partition coefficient (Wildman–Crippen LogP) is 3.43. The average Bonchev–Trinajstić information content (AvgIpc) is 2.63. The summed E-state index contributed by atoms with van der Waals surface area (Å²) in [6.45, 7) is 0. The molecule has 0 amide bonds. The first kappa shape index (κ1) is 9.87. The summed E-state index contributed by atoms with van der Waals surface area (Å²) < 4.78 is 1.92. The smallest absolute Gasteiger partial charge is 0.157 e. The van der Waals surface area contributed by atoms with E-state index >= 15 is 0 Å². The van der Waals surface area contributed by atoms with E-state index in [0.717, 1.165) is 16.4 Å². The van der Waals surface area contributed by atoms with Crippen LogP contribution in [0, 0.1) is 0 Å². The van der Waals surface area contributed by atoms with Crippen molar-refractivity contribution in [2.24, 2.45) is 7.05 Å². The lowest BCUT2D eigenvalue weighted by Gasteiger charge is -2.03. The number of imidazole rings is 1. The number of hydrogen-bond acceptors (Lipinski definition) is 2. The third-order valence-electron chi connectivity index (χ3n) is 2.56. The zero-order chi connectivity index (χ0) is 11.3. The standard InChI is InChI=1S/C11H7Cl2N3/c1-16-5-14-9-10(16)7-4-6(12)2-3-8(7)15-11(9)13/h2-5H,1H3. The van der Waals surface area contributed by atoms with E-state index in [2.05, 4.69) is 9.97 Å². The van der Waals surface area contributed by atoms with Gasteiger partial charge in [-0.05, 0) is 18.2 Å². The molecule has 0 unspecified atom stereocenters. The monoisotopic (exact) mass is 251 g/mol. The third kappa shape index (κ3) is 1.29. The number of fused-ring (bicyclic) bond motifs is 3. The average molecular weight is 252 g/mol. The van der Waals surface area contributed by atoms with E-state index in [1.165, 1.54) is 0 Å². The van der Waals surface area contributed by atoms with Crippen molar-refractivity contribution in [3.05, 3.63) is 34.7 Å². The molecule has 0 atom stereocenters. The fourth-order valence-electron chi connectivity index (χ4n) is 1.85. The third-order valence-corrected chi connectivity index (χ3v) is 3.06. The number of aryl methyl sites for hydroxylation is 1. The number of nitrogens with zero attached hydrogens (tertiary/aromatic N) is 3. The second-order valence-corrected chi connectivity index (χ2v) is 4.41. The molecule has 1 aromatic carbocycles. The molecule has 3 aromatic rings. The van der Waals surface area contributed by atoms with Crippen molar-refractivity contribution >= 4 is 45.1 Å². The first-order valence-electron chi connectivity index (χ1n) is 4.72. The Morgan fingerprint density at radius 3 is 2.88 bits per heavy atom. The quantitative estimate of drug-likeness (QED) is 0.574. The van der Waals surface area contributed by atoms with Crippen LogP contribution in [0.15, 0.2) is 24.5 Å². The van der Waals surface area contributed by atoms with Crippen LogP contribution < -0.4 is 0 Å². The van der Waals surface area contributed by atoms with Gasteiger partial charge in [0.25, 0.3) is 0 Å². The van der Waals surface area contributed by atoms with Crippen molar-refractivity contribution in [3.8, 4) is 0 Å². The molecule has 0 fully saturated rings. The molecular weight excluding hydrogens is 245 g/mol. The van der Waals surface area contributed by atoms with Crippen molar-refractivity contribution in [2.45, 2.75) is 0 Å². The van der Waals surface area contributed by atoms with E-state index in [0.29, 0.717) is 15.7 Å². The molecule has 80 valence electrons. The van der Waals surface area contributed by atoms with Gasteiger partial charge < -0.3 is 4.57 Å². The van der Waals surface area contributed by atoms with Gasteiger partial charge in [-0.1, -0.05) is 23.2 Å². The highest BCUT2D eigenvalue weighted by atomic mass is 35.5. The van der Waals surface area contributed by atoms with Gasteiger partial charge >= 0.3 is 0 Å². The Morgan fingerprint density at radius 2 is 2.06 bits per heavy atom. The fourth-order valence-corrected chi connectivity index (χ4v) is 2.25. The van der Waals surface area contributed by atoms with Crippen LogP contribution in [0.2, 0.25) is 10.2 Å². The summed E-state index contributed by atoms with van der Waals surface area (Å²) in [4.78, 5) is 8.51. The molecule has 0 bridgehead atoms. The maximum atomic E-state index is 6.07. The molecular formula is C11H7Cl2N3. The topological polar surface area (TPSA) is 30.7 Å². The minimum Gasteiger partial charge on any atom is -0.333 e. The van der Waals surface area contributed by atoms with Gasteiger partial charge in [0.15, 0.2) is 5.15 Å². The molecule has 2 heterocycles. The van der Waals surface area contributed by atoms with Crippen molar-refractivity contribution in [1.82, 2.24) is 14.5 Å². The van der Waals surface area contributed by atoms with Crippen LogP contribution in [0.4, 0.5) is 0 Å². The Kier molecular flexibility index (Phi) is 2.06.